The molecule has 3 aromatic rings. The van der Waals surface area contributed by atoms with Crippen molar-refractivity contribution in [1.29, 1.82) is 0 Å². The van der Waals surface area contributed by atoms with Gasteiger partial charge >= 0.3 is 0 Å². The molecule has 0 aliphatic carbocycles. The third-order valence-electron chi connectivity index (χ3n) is 5.93. The van der Waals surface area contributed by atoms with Crippen LogP contribution in [-0.4, -0.2) is 47.2 Å². The largest absolute Gasteiger partial charge is 0.497 e. The maximum atomic E-state index is 13.6. The lowest BCUT2D eigenvalue weighted by Crippen LogP contribution is -2.51. The number of hydrogen-bond donors (Lipinski definition) is 1. The average Bonchev–Trinajstić information content (AvgIpc) is 2.87. The molecular formula is C27H30N2O6S. The predicted molar refractivity (Wildman–Crippen MR) is 138 cm³/mol. The van der Waals surface area contributed by atoms with E-state index in [0.717, 1.165) is 22.4 Å². The summed E-state index contributed by atoms with van der Waals surface area (Å²) < 4.78 is 45.3. The summed E-state index contributed by atoms with van der Waals surface area (Å²) in [5.74, 6) is 1.23. The van der Waals surface area contributed by atoms with Crippen LogP contribution in [0.4, 0.5) is 5.69 Å². The molecule has 0 saturated carbocycles. The molecule has 3 aromatic carbocycles. The first kappa shape index (κ1) is 25.4. The number of ether oxygens (including phenoxy) is 3. The summed E-state index contributed by atoms with van der Waals surface area (Å²) in [6, 6.07) is 17.3. The molecule has 0 fully saturated rings. The van der Waals surface area contributed by atoms with Crippen molar-refractivity contribution >= 4 is 21.6 Å². The van der Waals surface area contributed by atoms with Crippen molar-refractivity contribution in [2.24, 2.45) is 0 Å². The Morgan fingerprint density at radius 3 is 2.44 bits per heavy atom. The van der Waals surface area contributed by atoms with Crippen LogP contribution in [0.2, 0.25) is 0 Å². The first-order valence-electron chi connectivity index (χ1n) is 11.6. The van der Waals surface area contributed by atoms with E-state index in [1.807, 2.05) is 45.0 Å². The summed E-state index contributed by atoms with van der Waals surface area (Å²) in [6.45, 7) is 6.17. The molecule has 36 heavy (non-hydrogen) atoms. The molecule has 1 atom stereocenters. The fourth-order valence-corrected chi connectivity index (χ4v) is 5.38. The molecule has 1 unspecified atom stereocenters. The molecule has 1 aliphatic rings. The lowest BCUT2D eigenvalue weighted by Gasteiger charge is -2.35. The van der Waals surface area contributed by atoms with E-state index in [9.17, 15) is 13.2 Å². The minimum atomic E-state index is -3.96. The Bertz CT molecular complexity index is 1360. The maximum Gasteiger partial charge on any atom is 0.264 e. The van der Waals surface area contributed by atoms with Gasteiger partial charge in [0.25, 0.3) is 15.9 Å². The number of carbonyl (C=O) groups is 1. The van der Waals surface area contributed by atoms with Crippen LogP contribution in [0.15, 0.2) is 65.6 Å². The van der Waals surface area contributed by atoms with Gasteiger partial charge in [0.05, 0.1) is 30.8 Å². The molecule has 8 nitrogen and oxygen atoms in total. The van der Waals surface area contributed by atoms with Crippen molar-refractivity contribution in [3.05, 3.63) is 77.4 Å². The standard InChI is InChI=1S/C27H30N2O6S/c1-18-6-12-24-23(15-18)29(36(31,32)22-10-8-21(33-4)9-11-22)17-26(35-24)27(30)28-13-14-34-25-16-19(2)5-7-20(25)3/h5-12,15-16,26H,13-14,17H2,1-4H3,(H,28,30). The van der Waals surface area contributed by atoms with Crippen molar-refractivity contribution < 1.29 is 27.4 Å². The van der Waals surface area contributed by atoms with Gasteiger partial charge in [-0.15, -0.1) is 0 Å². The Morgan fingerprint density at radius 1 is 1.03 bits per heavy atom. The molecule has 4 rings (SSSR count). The van der Waals surface area contributed by atoms with Crippen LogP contribution in [0.5, 0.6) is 17.2 Å². The number of anilines is 1. The van der Waals surface area contributed by atoms with Gasteiger partial charge in [0.15, 0.2) is 6.10 Å². The van der Waals surface area contributed by atoms with E-state index in [-0.39, 0.29) is 24.6 Å². The lowest BCUT2D eigenvalue weighted by molar-refractivity contribution is -0.127. The van der Waals surface area contributed by atoms with E-state index in [2.05, 4.69) is 5.32 Å². The van der Waals surface area contributed by atoms with Gasteiger partial charge in [-0.2, -0.15) is 0 Å². The molecule has 9 heteroatoms. The van der Waals surface area contributed by atoms with Gasteiger partial charge in [-0.05, 0) is 79.9 Å². The van der Waals surface area contributed by atoms with Crippen LogP contribution in [0, 0.1) is 20.8 Å². The Morgan fingerprint density at radius 2 is 1.72 bits per heavy atom. The van der Waals surface area contributed by atoms with Crippen LogP contribution in [-0.2, 0) is 14.8 Å². The number of aryl methyl sites for hydroxylation is 3. The molecule has 0 bridgehead atoms. The second-order valence-electron chi connectivity index (χ2n) is 8.70. The zero-order valence-corrected chi connectivity index (χ0v) is 21.6. The predicted octanol–water partition coefficient (Wildman–Crippen LogP) is 3.77. The Kier molecular flexibility index (Phi) is 7.40. The first-order chi connectivity index (χ1) is 17.2. The number of nitrogens with one attached hydrogen (secondary N) is 1. The molecule has 190 valence electrons. The van der Waals surface area contributed by atoms with Gasteiger partial charge in [0.2, 0.25) is 0 Å². The summed E-state index contributed by atoms with van der Waals surface area (Å²) >= 11 is 0. The Hall–Kier alpha value is -3.72. The lowest BCUT2D eigenvalue weighted by atomic mass is 10.1. The van der Waals surface area contributed by atoms with Crippen molar-refractivity contribution in [3.63, 3.8) is 0 Å². The quantitative estimate of drug-likeness (QED) is 0.464. The van der Waals surface area contributed by atoms with Crippen molar-refractivity contribution in [1.82, 2.24) is 5.32 Å². The van der Waals surface area contributed by atoms with Crippen LogP contribution < -0.4 is 23.8 Å². The summed E-state index contributed by atoms with van der Waals surface area (Å²) in [5, 5.41) is 2.80. The fraction of sp³-hybridized carbons (Fsp3) is 0.296. The number of methoxy groups -OCH3 is 1. The highest BCUT2D eigenvalue weighted by Gasteiger charge is 2.37. The smallest absolute Gasteiger partial charge is 0.264 e. The Labute approximate surface area is 211 Å². The van der Waals surface area contributed by atoms with E-state index in [1.54, 1.807) is 24.3 Å². The van der Waals surface area contributed by atoms with Gasteiger partial charge in [-0.1, -0.05) is 18.2 Å². The fourth-order valence-electron chi connectivity index (χ4n) is 3.91. The highest BCUT2D eigenvalue weighted by molar-refractivity contribution is 7.92. The highest BCUT2D eigenvalue weighted by atomic mass is 32.2. The number of sulfonamides is 1. The molecule has 1 amide bonds. The molecule has 0 aromatic heterocycles. The van der Waals surface area contributed by atoms with Gasteiger partial charge in [0.1, 0.15) is 23.9 Å². The summed E-state index contributed by atoms with van der Waals surface area (Å²) in [7, 11) is -2.45. The molecule has 1 N–H and O–H groups in total. The SMILES string of the molecule is COc1ccc(S(=O)(=O)N2CC(C(=O)NCCOc3cc(C)ccc3C)Oc3ccc(C)cc32)cc1. The van der Waals surface area contributed by atoms with Gasteiger partial charge in [-0.3, -0.25) is 9.10 Å². The molecular weight excluding hydrogens is 480 g/mol. The van der Waals surface area contributed by atoms with Gasteiger partial charge in [-0.25, -0.2) is 8.42 Å². The topological polar surface area (TPSA) is 94.2 Å². The van der Waals surface area contributed by atoms with E-state index < -0.39 is 22.0 Å². The minimum Gasteiger partial charge on any atom is -0.497 e. The van der Waals surface area contributed by atoms with Crippen molar-refractivity contribution in [2.75, 3.05) is 31.1 Å². The maximum absolute atomic E-state index is 13.6. The average molecular weight is 511 g/mol. The van der Waals surface area contributed by atoms with Crippen LogP contribution >= 0.6 is 0 Å². The van der Waals surface area contributed by atoms with E-state index in [0.29, 0.717) is 17.2 Å². The van der Waals surface area contributed by atoms with Gasteiger partial charge < -0.3 is 19.5 Å². The molecule has 1 aliphatic heterocycles. The van der Waals surface area contributed by atoms with Crippen LogP contribution in [0.3, 0.4) is 0 Å². The van der Waals surface area contributed by atoms with E-state index in [4.69, 9.17) is 14.2 Å². The minimum absolute atomic E-state index is 0.0961. The van der Waals surface area contributed by atoms with Crippen LogP contribution in [0.1, 0.15) is 16.7 Å². The second kappa shape index (κ2) is 10.5. The van der Waals surface area contributed by atoms with E-state index in [1.165, 1.54) is 23.5 Å². The second-order valence-corrected chi connectivity index (χ2v) is 10.6. The van der Waals surface area contributed by atoms with Gasteiger partial charge in [0, 0.05) is 0 Å². The summed E-state index contributed by atoms with van der Waals surface area (Å²) in [4.78, 5) is 13.1. The number of hydrogen-bond acceptors (Lipinski definition) is 6. The highest BCUT2D eigenvalue weighted by Crippen LogP contribution is 2.38. The number of fused-ring (bicyclic) bond motifs is 1. The van der Waals surface area contributed by atoms with Crippen molar-refractivity contribution in [3.8, 4) is 17.2 Å². The summed E-state index contributed by atoms with van der Waals surface area (Å²) in [5.41, 5.74) is 3.36. The zero-order chi connectivity index (χ0) is 25.9. The Balaban J connectivity index is 1.49. The zero-order valence-electron chi connectivity index (χ0n) is 20.8. The normalized spacial score (nSPS) is 15.0. The molecule has 0 radical (unpaired) electrons. The summed E-state index contributed by atoms with van der Waals surface area (Å²) in [6.07, 6.45) is -1.02. The molecule has 0 spiro atoms. The first-order valence-corrected chi connectivity index (χ1v) is 13.0. The number of carbonyl (C=O) groups excluding carboxylic acids is 1. The molecule has 0 saturated heterocycles. The number of benzene rings is 3. The van der Waals surface area contributed by atoms with Crippen LogP contribution in [0.25, 0.3) is 0 Å². The number of amides is 1. The number of nitrogens with zero attached hydrogens (tertiary/aromatic N) is 1. The number of rotatable bonds is 8. The third kappa shape index (κ3) is 5.41. The third-order valence-corrected chi connectivity index (χ3v) is 7.72. The molecule has 1 heterocycles. The monoisotopic (exact) mass is 510 g/mol. The van der Waals surface area contributed by atoms with Crippen molar-refractivity contribution in [2.45, 2.75) is 31.8 Å². The van der Waals surface area contributed by atoms with E-state index >= 15 is 0 Å².